The maximum Gasteiger partial charge on any atom is 0.314 e. The van der Waals surface area contributed by atoms with E-state index in [-0.39, 0.29) is 5.89 Å². The van der Waals surface area contributed by atoms with Gasteiger partial charge in [0.2, 0.25) is 5.89 Å². The topological polar surface area (TPSA) is 124 Å². The molecule has 0 aliphatic carbocycles. The molecule has 0 bridgehead atoms. The lowest BCUT2D eigenvalue weighted by molar-refractivity contribution is -0.127. The second kappa shape index (κ2) is 11.5. The van der Waals surface area contributed by atoms with Gasteiger partial charge in [0.15, 0.2) is 0 Å². The zero-order valence-electron chi connectivity index (χ0n) is 20.6. The van der Waals surface area contributed by atoms with E-state index < -0.39 is 12.3 Å². The van der Waals surface area contributed by atoms with Crippen LogP contribution >= 0.6 is 0 Å². The number of anilines is 1. The third-order valence-electron chi connectivity index (χ3n) is 6.28. The first-order chi connectivity index (χ1) is 18.5. The van der Waals surface area contributed by atoms with E-state index in [2.05, 4.69) is 35.7 Å². The van der Waals surface area contributed by atoms with Gasteiger partial charge in [0.1, 0.15) is 12.0 Å². The molecule has 0 saturated carbocycles. The SMILES string of the molecule is CNc1cccc(-c2cn(Cc3ccc(-c4nnc(C(F)F)o4)cn3)nn2)c1.O=CC1CN(C2COC2)C1. The predicted octanol–water partition coefficient (Wildman–Crippen LogP) is 2.93. The zero-order chi connectivity index (χ0) is 26.5. The average molecular weight is 525 g/mol. The summed E-state index contributed by atoms with van der Waals surface area (Å²) in [4.78, 5) is 16.8. The lowest BCUT2D eigenvalue weighted by Crippen LogP contribution is -2.59. The number of halogens is 2. The molecule has 1 aromatic carbocycles. The van der Waals surface area contributed by atoms with E-state index in [0.717, 1.165) is 55.2 Å². The van der Waals surface area contributed by atoms with Crippen LogP contribution in [0.25, 0.3) is 22.7 Å². The molecule has 13 heteroatoms. The Balaban J connectivity index is 0.000000244. The molecule has 5 heterocycles. The van der Waals surface area contributed by atoms with Crippen LogP contribution in [0.15, 0.2) is 53.2 Å². The molecule has 2 saturated heterocycles. The van der Waals surface area contributed by atoms with E-state index in [1.165, 1.54) is 6.20 Å². The minimum Gasteiger partial charge on any atom is -0.415 e. The monoisotopic (exact) mass is 524 g/mol. The van der Waals surface area contributed by atoms with Gasteiger partial charge in [-0.1, -0.05) is 17.3 Å². The molecule has 2 fully saturated rings. The second-order valence-electron chi connectivity index (χ2n) is 8.96. The number of alkyl halides is 2. The van der Waals surface area contributed by atoms with E-state index in [4.69, 9.17) is 9.15 Å². The molecule has 4 aromatic rings. The number of likely N-dealkylation sites (tertiary alicyclic amines) is 1. The number of pyridine rings is 1. The highest BCUT2D eigenvalue weighted by molar-refractivity contribution is 5.64. The average Bonchev–Trinajstić information content (AvgIpc) is 3.56. The first kappa shape index (κ1) is 25.5. The Hall–Kier alpha value is -4.10. The third-order valence-corrected chi connectivity index (χ3v) is 6.28. The molecular weight excluding hydrogens is 498 g/mol. The van der Waals surface area contributed by atoms with Gasteiger partial charge in [0.05, 0.1) is 43.3 Å². The number of aldehydes is 1. The quantitative estimate of drug-likeness (QED) is 0.344. The molecule has 3 aromatic heterocycles. The fourth-order valence-electron chi connectivity index (χ4n) is 3.96. The minimum atomic E-state index is -2.80. The second-order valence-corrected chi connectivity index (χ2v) is 8.96. The van der Waals surface area contributed by atoms with Gasteiger partial charge in [-0.3, -0.25) is 9.88 Å². The lowest BCUT2D eigenvalue weighted by Gasteiger charge is -2.45. The molecule has 38 heavy (non-hydrogen) atoms. The van der Waals surface area contributed by atoms with Crippen LogP contribution in [-0.4, -0.2) is 80.8 Å². The summed E-state index contributed by atoms with van der Waals surface area (Å²) in [5.74, 6) is -0.404. The van der Waals surface area contributed by atoms with Crippen molar-refractivity contribution in [1.82, 2.24) is 35.1 Å². The van der Waals surface area contributed by atoms with Crippen molar-refractivity contribution in [2.45, 2.75) is 19.0 Å². The number of nitrogens with one attached hydrogen (secondary N) is 1. The number of hydrogen-bond donors (Lipinski definition) is 1. The number of ether oxygens (including phenoxy) is 1. The Bertz CT molecular complexity index is 1350. The minimum absolute atomic E-state index is 0.00167. The molecule has 198 valence electrons. The van der Waals surface area contributed by atoms with Gasteiger partial charge >= 0.3 is 6.43 Å². The Morgan fingerprint density at radius 1 is 1.13 bits per heavy atom. The van der Waals surface area contributed by atoms with Crippen LogP contribution in [0, 0.1) is 5.92 Å². The highest BCUT2D eigenvalue weighted by Gasteiger charge is 2.35. The van der Waals surface area contributed by atoms with Crippen LogP contribution < -0.4 is 5.32 Å². The first-order valence-electron chi connectivity index (χ1n) is 12.0. The first-order valence-corrected chi connectivity index (χ1v) is 12.0. The maximum absolute atomic E-state index is 12.5. The van der Waals surface area contributed by atoms with Gasteiger partial charge in [0, 0.05) is 43.5 Å². The third kappa shape index (κ3) is 5.89. The number of carbonyl (C=O) groups excluding carboxylic acids is 1. The highest BCUT2D eigenvalue weighted by atomic mass is 19.3. The summed E-state index contributed by atoms with van der Waals surface area (Å²) in [6.45, 7) is 4.05. The smallest absolute Gasteiger partial charge is 0.314 e. The van der Waals surface area contributed by atoms with Crippen LogP contribution in [0.3, 0.4) is 0 Å². The van der Waals surface area contributed by atoms with Gasteiger partial charge < -0.3 is 19.3 Å². The zero-order valence-corrected chi connectivity index (χ0v) is 20.6. The molecule has 0 amide bonds. The van der Waals surface area contributed by atoms with Crippen LogP contribution in [0.2, 0.25) is 0 Å². The summed E-state index contributed by atoms with van der Waals surface area (Å²) >= 11 is 0. The molecule has 11 nitrogen and oxygen atoms in total. The van der Waals surface area contributed by atoms with Crippen molar-refractivity contribution >= 4 is 12.0 Å². The Morgan fingerprint density at radius 3 is 2.61 bits per heavy atom. The predicted molar refractivity (Wildman–Crippen MR) is 132 cm³/mol. The summed E-state index contributed by atoms with van der Waals surface area (Å²) < 4.78 is 36.7. The van der Waals surface area contributed by atoms with Crippen molar-refractivity contribution in [3.63, 3.8) is 0 Å². The van der Waals surface area contributed by atoms with Crippen molar-refractivity contribution < 1.29 is 22.7 Å². The number of rotatable bonds is 8. The summed E-state index contributed by atoms with van der Waals surface area (Å²) in [6, 6.07) is 11.9. The van der Waals surface area contributed by atoms with E-state index in [9.17, 15) is 13.6 Å². The van der Waals surface area contributed by atoms with Gasteiger partial charge in [-0.2, -0.15) is 8.78 Å². The summed E-state index contributed by atoms with van der Waals surface area (Å²) in [6.07, 6.45) is 1.57. The van der Waals surface area contributed by atoms with E-state index in [1.54, 1.807) is 16.8 Å². The standard InChI is InChI=1S/C18H15F2N7O.C7H11NO2/c1-21-13-4-2-3-11(7-13)15-10-27(26-23-15)9-14-6-5-12(8-22-14)17-24-25-18(28-17)16(19)20;9-3-6-1-8(2-6)7-4-10-5-7/h2-8,10,16,21H,9H2,1H3;3,6-7H,1-2,4-5H2. The number of hydrogen-bond acceptors (Lipinski definition) is 10. The van der Waals surface area contributed by atoms with Crippen LogP contribution in [0.1, 0.15) is 18.0 Å². The summed E-state index contributed by atoms with van der Waals surface area (Å²) in [7, 11) is 1.86. The molecule has 0 unspecified atom stereocenters. The Kier molecular flexibility index (Phi) is 7.75. The van der Waals surface area contributed by atoms with Gasteiger partial charge in [-0.15, -0.1) is 15.3 Å². The molecule has 0 atom stereocenters. The number of aromatic nitrogens is 6. The van der Waals surface area contributed by atoms with Crippen molar-refractivity contribution in [3.05, 3.63) is 60.4 Å². The normalized spacial score (nSPS) is 15.9. The van der Waals surface area contributed by atoms with Gasteiger partial charge in [0.25, 0.3) is 5.89 Å². The van der Waals surface area contributed by atoms with Gasteiger partial charge in [-0.05, 0) is 24.3 Å². The maximum atomic E-state index is 12.5. The molecule has 1 N–H and O–H groups in total. The Labute approximate surface area is 216 Å². The van der Waals surface area contributed by atoms with Crippen LogP contribution in [0.4, 0.5) is 14.5 Å². The number of benzene rings is 1. The van der Waals surface area contributed by atoms with E-state index in [1.807, 2.05) is 37.5 Å². The summed E-state index contributed by atoms with van der Waals surface area (Å²) in [5, 5.41) is 18.3. The molecule has 0 radical (unpaired) electrons. The number of carbonyl (C=O) groups is 1. The van der Waals surface area contributed by atoms with Crippen molar-refractivity contribution in [3.8, 4) is 22.7 Å². The van der Waals surface area contributed by atoms with Crippen molar-refractivity contribution in [2.75, 3.05) is 38.7 Å². The van der Waals surface area contributed by atoms with Crippen molar-refractivity contribution in [2.24, 2.45) is 5.92 Å². The van der Waals surface area contributed by atoms with Crippen LogP contribution in [0.5, 0.6) is 0 Å². The fraction of sp³-hybridized carbons (Fsp3) is 0.360. The summed E-state index contributed by atoms with van der Waals surface area (Å²) in [5.41, 5.74) is 3.87. The fourth-order valence-corrected chi connectivity index (χ4v) is 3.96. The van der Waals surface area contributed by atoms with Crippen LogP contribution in [-0.2, 0) is 16.1 Å². The van der Waals surface area contributed by atoms with E-state index >= 15 is 0 Å². The molecule has 2 aliphatic rings. The lowest BCUT2D eigenvalue weighted by atomic mass is 9.99. The molecule has 0 spiro atoms. The largest absolute Gasteiger partial charge is 0.415 e. The van der Waals surface area contributed by atoms with Crippen molar-refractivity contribution in [1.29, 1.82) is 0 Å². The molecule has 6 rings (SSSR count). The highest BCUT2D eigenvalue weighted by Crippen LogP contribution is 2.24. The molecular formula is C25H26F2N8O3. The number of nitrogens with zero attached hydrogens (tertiary/aromatic N) is 7. The Morgan fingerprint density at radius 2 is 1.97 bits per heavy atom. The molecule has 2 aliphatic heterocycles. The van der Waals surface area contributed by atoms with Gasteiger partial charge in [-0.25, -0.2) is 4.68 Å². The van der Waals surface area contributed by atoms with E-state index in [0.29, 0.717) is 24.1 Å².